The highest BCUT2D eigenvalue weighted by Crippen LogP contribution is 2.35. The molecular formula is C21H22N2O4S. The lowest BCUT2D eigenvalue weighted by molar-refractivity contribution is 0.402. The molecule has 6 nitrogen and oxygen atoms in total. The summed E-state index contributed by atoms with van der Waals surface area (Å²) in [6, 6.07) is 12.1. The molecule has 0 spiro atoms. The number of nitrogens with zero attached hydrogens (tertiary/aromatic N) is 1. The maximum atomic E-state index is 12.9. The van der Waals surface area contributed by atoms with Crippen molar-refractivity contribution in [2.24, 2.45) is 0 Å². The van der Waals surface area contributed by atoms with Crippen molar-refractivity contribution in [1.29, 1.82) is 0 Å². The summed E-state index contributed by atoms with van der Waals surface area (Å²) >= 11 is 0. The minimum absolute atomic E-state index is 0.0844. The van der Waals surface area contributed by atoms with Gasteiger partial charge in [0.1, 0.15) is 16.4 Å². The average Bonchev–Trinajstić information content (AvgIpc) is 2.68. The van der Waals surface area contributed by atoms with Crippen molar-refractivity contribution in [3.8, 4) is 22.6 Å². The van der Waals surface area contributed by atoms with Gasteiger partial charge in [-0.1, -0.05) is 6.07 Å². The summed E-state index contributed by atoms with van der Waals surface area (Å²) in [5, 5.41) is 0. The normalized spacial score (nSPS) is 11.1. The first-order valence-corrected chi connectivity index (χ1v) is 10.1. The molecule has 1 heterocycles. The van der Waals surface area contributed by atoms with Crippen LogP contribution in [0, 0.1) is 13.8 Å². The van der Waals surface area contributed by atoms with Gasteiger partial charge in [-0.2, -0.15) is 0 Å². The van der Waals surface area contributed by atoms with E-state index in [1.807, 2.05) is 26.0 Å². The molecule has 146 valence electrons. The van der Waals surface area contributed by atoms with Gasteiger partial charge in [-0.3, -0.25) is 9.71 Å². The fraction of sp³-hybridized carbons (Fsp3) is 0.190. The van der Waals surface area contributed by atoms with Gasteiger partial charge in [-0.05, 0) is 55.3 Å². The molecule has 0 radical (unpaired) electrons. The zero-order chi connectivity index (χ0) is 20.3. The minimum atomic E-state index is -3.83. The van der Waals surface area contributed by atoms with Crippen LogP contribution in [0.2, 0.25) is 0 Å². The van der Waals surface area contributed by atoms with Crippen LogP contribution in [0.1, 0.15) is 11.1 Å². The van der Waals surface area contributed by atoms with E-state index in [0.717, 1.165) is 22.3 Å². The number of sulfonamides is 1. The molecule has 7 heteroatoms. The standard InChI is InChI=1S/C21H22N2O4S/c1-14-5-8-19(26-3)21(11-14)28(24,25)23-16-6-7-17(20(12-16)27-4)18-13-22-10-9-15(18)2/h5-13,23H,1-4H3. The Kier molecular flexibility index (Phi) is 5.56. The fourth-order valence-electron chi connectivity index (χ4n) is 2.93. The summed E-state index contributed by atoms with van der Waals surface area (Å²) in [6.45, 7) is 3.81. The summed E-state index contributed by atoms with van der Waals surface area (Å²) < 4.78 is 39.1. The summed E-state index contributed by atoms with van der Waals surface area (Å²) in [7, 11) is -0.842. The Labute approximate surface area is 165 Å². The second kappa shape index (κ2) is 7.90. The molecular weight excluding hydrogens is 376 g/mol. The first kappa shape index (κ1) is 19.7. The Morgan fingerprint density at radius 2 is 1.64 bits per heavy atom. The highest BCUT2D eigenvalue weighted by atomic mass is 32.2. The largest absolute Gasteiger partial charge is 0.496 e. The Morgan fingerprint density at radius 3 is 2.32 bits per heavy atom. The van der Waals surface area contributed by atoms with Crippen molar-refractivity contribution in [3.05, 3.63) is 66.0 Å². The Balaban J connectivity index is 2.00. The van der Waals surface area contributed by atoms with Crippen LogP contribution in [0.5, 0.6) is 11.5 Å². The first-order valence-electron chi connectivity index (χ1n) is 8.62. The predicted molar refractivity (Wildman–Crippen MR) is 110 cm³/mol. The number of anilines is 1. The molecule has 0 bridgehead atoms. The lowest BCUT2D eigenvalue weighted by atomic mass is 10.0. The Morgan fingerprint density at radius 1 is 0.893 bits per heavy atom. The topological polar surface area (TPSA) is 77.5 Å². The lowest BCUT2D eigenvalue weighted by Crippen LogP contribution is -2.14. The molecule has 28 heavy (non-hydrogen) atoms. The average molecular weight is 398 g/mol. The molecule has 0 aliphatic heterocycles. The summed E-state index contributed by atoms with van der Waals surface area (Å²) in [5.74, 6) is 0.833. The van der Waals surface area contributed by atoms with Crippen LogP contribution < -0.4 is 14.2 Å². The van der Waals surface area contributed by atoms with Crippen molar-refractivity contribution < 1.29 is 17.9 Å². The third-order valence-corrected chi connectivity index (χ3v) is 5.79. The highest BCUT2D eigenvalue weighted by Gasteiger charge is 2.21. The second-order valence-electron chi connectivity index (χ2n) is 6.37. The number of nitrogens with one attached hydrogen (secondary N) is 1. The number of rotatable bonds is 6. The van der Waals surface area contributed by atoms with Crippen LogP contribution >= 0.6 is 0 Å². The van der Waals surface area contributed by atoms with Gasteiger partial charge in [0.05, 0.1) is 19.9 Å². The Hall–Kier alpha value is -3.06. The molecule has 3 rings (SSSR count). The number of aryl methyl sites for hydroxylation is 2. The molecule has 0 atom stereocenters. The third kappa shape index (κ3) is 3.94. The van der Waals surface area contributed by atoms with Gasteiger partial charge in [-0.15, -0.1) is 0 Å². The molecule has 0 saturated heterocycles. The number of pyridine rings is 1. The minimum Gasteiger partial charge on any atom is -0.496 e. The Bertz CT molecular complexity index is 1110. The quantitative estimate of drug-likeness (QED) is 0.674. The number of hydrogen-bond donors (Lipinski definition) is 1. The molecule has 3 aromatic rings. The van der Waals surface area contributed by atoms with E-state index >= 15 is 0 Å². The number of ether oxygens (including phenoxy) is 2. The van der Waals surface area contributed by atoms with E-state index in [2.05, 4.69) is 9.71 Å². The lowest BCUT2D eigenvalue weighted by Gasteiger charge is -2.15. The molecule has 0 amide bonds. The van der Waals surface area contributed by atoms with Gasteiger partial charge in [0.2, 0.25) is 0 Å². The van der Waals surface area contributed by atoms with Crippen LogP contribution in [-0.4, -0.2) is 27.6 Å². The van der Waals surface area contributed by atoms with Gasteiger partial charge in [0, 0.05) is 29.6 Å². The van der Waals surface area contributed by atoms with Crippen molar-refractivity contribution in [3.63, 3.8) is 0 Å². The maximum absolute atomic E-state index is 12.9. The molecule has 1 N–H and O–H groups in total. The maximum Gasteiger partial charge on any atom is 0.265 e. The van der Waals surface area contributed by atoms with E-state index in [-0.39, 0.29) is 10.6 Å². The van der Waals surface area contributed by atoms with Crippen LogP contribution in [0.15, 0.2) is 59.8 Å². The monoisotopic (exact) mass is 398 g/mol. The van der Waals surface area contributed by atoms with E-state index < -0.39 is 10.0 Å². The molecule has 0 fully saturated rings. The van der Waals surface area contributed by atoms with Crippen LogP contribution in [-0.2, 0) is 10.0 Å². The van der Waals surface area contributed by atoms with E-state index in [0.29, 0.717) is 11.4 Å². The van der Waals surface area contributed by atoms with Gasteiger partial charge in [-0.25, -0.2) is 8.42 Å². The van der Waals surface area contributed by atoms with E-state index in [1.165, 1.54) is 7.11 Å². The number of methoxy groups -OCH3 is 2. The number of aromatic nitrogens is 1. The molecule has 0 unspecified atom stereocenters. The van der Waals surface area contributed by atoms with Crippen LogP contribution in [0.3, 0.4) is 0 Å². The molecule has 0 aliphatic carbocycles. The molecule has 2 aromatic carbocycles. The predicted octanol–water partition coefficient (Wildman–Crippen LogP) is 4.18. The zero-order valence-electron chi connectivity index (χ0n) is 16.2. The fourth-order valence-corrected chi connectivity index (χ4v) is 4.23. The molecule has 0 aliphatic rings. The van der Waals surface area contributed by atoms with Gasteiger partial charge in [0.25, 0.3) is 10.0 Å². The second-order valence-corrected chi connectivity index (χ2v) is 8.02. The van der Waals surface area contributed by atoms with Gasteiger partial charge in [0.15, 0.2) is 0 Å². The van der Waals surface area contributed by atoms with E-state index in [1.54, 1.807) is 49.8 Å². The summed E-state index contributed by atoms with van der Waals surface area (Å²) in [6.07, 6.45) is 3.48. The summed E-state index contributed by atoms with van der Waals surface area (Å²) in [4.78, 5) is 4.25. The van der Waals surface area contributed by atoms with Crippen molar-refractivity contribution >= 4 is 15.7 Å². The smallest absolute Gasteiger partial charge is 0.265 e. The van der Waals surface area contributed by atoms with Crippen LogP contribution in [0.25, 0.3) is 11.1 Å². The SMILES string of the molecule is COc1cc(NS(=O)(=O)c2cc(C)ccc2OC)ccc1-c1cnccc1C. The first-order chi connectivity index (χ1) is 13.4. The van der Waals surface area contributed by atoms with E-state index in [4.69, 9.17) is 9.47 Å². The number of benzene rings is 2. The highest BCUT2D eigenvalue weighted by molar-refractivity contribution is 7.92. The zero-order valence-corrected chi connectivity index (χ0v) is 17.0. The number of hydrogen-bond acceptors (Lipinski definition) is 5. The van der Waals surface area contributed by atoms with Crippen molar-refractivity contribution in [1.82, 2.24) is 4.98 Å². The van der Waals surface area contributed by atoms with Gasteiger partial charge < -0.3 is 9.47 Å². The van der Waals surface area contributed by atoms with Gasteiger partial charge >= 0.3 is 0 Å². The van der Waals surface area contributed by atoms with Crippen molar-refractivity contribution in [2.45, 2.75) is 18.7 Å². The third-order valence-electron chi connectivity index (χ3n) is 4.39. The molecule has 1 aromatic heterocycles. The van der Waals surface area contributed by atoms with Crippen molar-refractivity contribution in [2.75, 3.05) is 18.9 Å². The molecule has 0 saturated carbocycles. The van der Waals surface area contributed by atoms with Crippen LogP contribution in [0.4, 0.5) is 5.69 Å². The van der Waals surface area contributed by atoms with E-state index in [9.17, 15) is 8.42 Å². The summed E-state index contributed by atoms with van der Waals surface area (Å²) in [5.41, 5.74) is 4.02.